The molecule has 22 heavy (non-hydrogen) atoms. The highest BCUT2D eigenvalue weighted by Gasteiger charge is 2.27. The summed E-state index contributed by atoms with van der Waals surface area (Å²) < 4.78 is 0. The van der Waals surface area contributed by atoms with Crippen molar-refractivity contribution in [2.75, 3.05) is 13.1 Å². The van der Waals surface area contributed by atoms with Gasteiger partial charge in [-0.15, -0.1) is 0 Å². The molecule has 1 atom stereocenters. The van der Waals surface area contributed by atoms with E-state index < -0.39 is 0 Å². The van der Waals surface area contributed by atoms with Crippen LogP contribution in [0.5, 0.6) is 0 Å². The monoisotopic (exact) mass is 299 g/mol. The van der Waals surface area contributed by atoms with Crippen LogP contribution in [0.4, 0.5) is 0 Å². The average molecular weight is 299 g/mol. The van der Waals surface area contributed by atoms with Crippen molar-refractivity contribution in [3.8, 4) is 0 Å². The molecule has 1 saturated heterocycles. The summed E-state index contributed by atoms with van der Waals surface area (Å²) in [4.78, 5) is 40.8. The zero-order valence-electron chi connectivity index (χ0n) is 12.3. The van der Waals surface area contributed by atoms with E-state index >= 15 is 0 Å². The zero-order chi connectivity index (χ0) is 15.5. The zero-order valence-corrected chi connectivity index (χ0v) is 12.3. The summed E-state index contributed by atoms with van der Waals surface area (Å²) in [6, 6.07) is 1.52. The van der Waals surface area contributed by atoms with Crippen LogP contribution >= 0.6 is 0 Å². The molecule has 1 aliphatic heterocycles. The maximum Gasteiger partial charge on any atom is 0.274 e. The van der Waals surface area contributed by atoms with Gasteiger partial charge in [-0.3, -0.25) is 14.6 Å². The minimum atomic E-state index is -0.153. The number of aryl methyl sites for hydroxylation is 1. The van der Waals surface area contributed by atoms with Gasteiger partial charge in [0.25, 0.3) is 11.5 Å². The molecule has 2 aromatic heterocycles. The first-order valence-corrected chi connectivity index (χ1v) is 7.26. The van der Waals surface area contributed by atoms with Gasteiger partial charge >= 0.3 is 0 Å². The molecule has 2 aromatic rings. The lowest BCUT2D eigenvalue weighted by atomic mass is 9.94. The van der Waals surface area contributed by atoms with Crippen LogP contribution in [0, 0.1) is 6.92 Å². The summed E-state index contributed by atoms with van der Waals surface area (Å²) in [5.74, 6) is 0.551. The maximum atomic E-state index is 12.4. The first kappa shape index (κ1) is 14.4. The van der Waals surface area contributed by atoms with Crippen molar-refractivity contribution < 1.29 is 4.79 Å². The van der Waals surface area contributed by atoms with E-state index in [0.29, 0.717) is 24.6 Å². The number of aromatic nitrogens is 4. The molecular formula is C15H17N5O2. The molecule has 3 rings (SSSR count). The minimum absolute atomic E-state index is 0.0790. The number of rotatable bonds is 2. The topological polar surface area (TPSA) is 91.8 Å². The molecule has 0 aliphatic carbocycles. The Morgan fingerprint density at radius 2 is 2.27 bits per heavy atom. The quantitative estimate of drug-likeness (QED) is 0.889. The third-order valence-corrected chi connectivity index (χ3v) is 3.79. The lowest BCUT2D eigenvalue weighted by Crippen LogP contribution is -2.40. The van der Waals surface area contributed by atoms with Crippen molar-refractivity contribution in [3.05, 3.63) is 52.2 Å². The van der Waals surface area contributed by atoms with Crippen LogP contribution in [0.2, 0.25) is 0 Å². The molecule has 1 unspecified atom stereocenters. The number of H-pyrrole nitrogens is 1. The van der Waals surface area contributed by atoms with Crippen LogP contribution < -0.4 is 5.56 Å². The van der Waals surface area contributed by atoms with E-state index in [0.717, 1.165) is 18.5 Å². The van der Waals surface area contributed by atoms with Crippen molar-refractivity contribution in [1.82, 2.24) is 24.8 Å². The Bertz CT molecular complexity index is 728. The molecular weight excluding hydrogens is 282 g/mol. The number of carbonyl (C=O) groups excluding carboxylic acids is 1. The Morgan fingerprint density at radius 1 is 1.41 bits per heavy atom. The van der Waals surface area contributed by atoms with Crippen molar-refractivity contribution in [2.24, 2.45) is 0 Å². The average Bonchev–Trinajstić information content (AvgIpc) is 2.54. The third kappa shape index (κ3) is 3.03. The van der Waals surface area contributed by atoms with E-state index in [1.165, 1.54) is 18.5 Å². The molecule has 3 heterocycles. The molecule has 1 fully saturated rings. The van der Waals surface area contributed by atoms with E-state index in [-0.39, 0.29) is 17.4 Å². The highest BCUT2D eigenvalue weighted by molar-refractivity contribution is 5.92. The molecule has 0 bridgehead atoms. The van der Waals surface area contributed by atoms with Gasteiger partial charge in [0, 0.05) is 37.5 Å². The molecule has 0 spiro atoms. The SMILES string of the molecule is Cc1nc(C2CCCN(C(=O)c3cnccn3)C2)cc(=O)[nH]1. The molecule has 114 valence electrons. The van der Waals surface area contributed by atoms with Gasteiger partial charge < -0.3 is 9.88 Å². The van der Waals surface area contributed by atoms with Crippen molar-refractivity contribution in [3.63, 3.8) is 0 Å². The number of nitrogens with zero attached hydrogens (tertiary/aromatic N) is 4. The van der Waals surface area contributed by atoms with Gasteiger partial charge in [-0.2, -0.15) is 0 Å². The van der Waals surface area contributed by atoms with Gasteiger partial charge in [-0.25, -0.2) is 9.97 Å². The number of hydrogen-bond donors (Lipinski definition) is 1. The fraction of sp³-hybridized carbons (Fsp3) is 0.400. The Morgan fingerprint density at radius 3 is 3.00 bits per heavy atom. The van der Waals surface area contributed by atoms with Crippen LogP contribution in [-0.2, 0) is 0 Å². The minimum Gasteiger partial charge on any atom is -0.337 e. The smallest absolute Gasteiger partial charge is 0.274 e. The second-order valence-corrected chi connectivity index (χ2v) is 5.44. The molecule has 7 nitrogen and oxygen atoms in total. The summed E-state index contributed by atoms with van der Waals surface area (Å²) in [5.41, 5.74) is 0.941. The highest BCUT2D eigenvalue weighted by Crippen LogP contribution is 2.25. The number of carbonyl (C=O) groups is 1. The second kappa shape index (κ2) is 6.05. The number of hydrogen-bond acceptors (Lipinski definition) is 5. The number of aromatic amines is 1. The largest absolute Gasteiger partial charge is 0.337 e. The van der Waals surface area contributed by atoms with Gasteiger partial charge in [-0.1, -0.05) is 0 Å². The molecule has 1 N–H and O–H groups in total. The van der Waals surface area contributed by atoms with Crippen molar-refractivity contribution in [1.29, 1.82) is 0 Å². The Kier molecular flexibility index (Phi) is 3.95. The fourth-order valence-electron chi connectivity index (χ4n) is 2.79. The summed E-state index contributed by atoms with van der Waals surface area (Å²) in [6.07, 6.45) is 6.32. The van der Waals surface area contributed by atoms with Crippen LogP contribution in [0.1, 0.15) is 40.8 Å². The lowest BCUT2D eigenvalue weighted by Gasteiger charge is -2.32. The first-order valence-electron chi connectivity index (χ1n) is 7.26. The second-order valence-electron chi connectivity index (χ2n) is 5.44. The van der Waals surface area contributed by atoms with E-state index in [9.17, 15) is 9.59 Å². The Hall–Kier alpha value is -2.57. The molecule has 7 heteroatoms. The first-order chi connectivity index (χ1) is 10.6. The molecule has 1 aliphatic rings. The van der Waals surface area contributed by atoms with Gasteiger partial charge in [0.15, 0.2) is 0 Å². The number of likely N-dealkylation sites (tertiary alicyclic amines) is 1. The van der Waals surface area contributed by atoms with Gasteiger partial charge in [0.1, 0.15) is 11.5 Å². The van der Waals surface area contributed by atoms with Crippen molar-refractivity contribution in [2.45, 2.75) is 25.7 Å². The molecule has 0 saturated carbocycles. The third-order valence-electron chi connectivity index (χ3n) is 3.79. The van der Waals surface area contributed by atoms with Gasteiger partial charge in [-0.05, 0) is 19.8 Å². The van der Waals surface area contributed by atoms with E-state index in [1.807, 2.05) is 0 Å². The number of piperidine rings is 1. The van der Waals surface area contributed by atoms with Crippen LogP contribution in [0.15, 0.2) is 29.5 Å². The number of amides is 1. The Balaban J connectivity index is 1.79. The maximum absolute atomic E-state index is 12.4. The molecule has 0 radical (unpaired) electrons. The Labute approximate surface area is 127 Å². The summed E-state index contributed by atoms with van der Waals surface area (Å²) in [5, 5.41) is 0. The fourth-order valence-corrected chi connectivity index (χ4v) is 2.79. The van der Waals surface area contributed by atoms with E-state index in [4.69, 9.17) is 0 Å². The summed E-state index contributed by atoms with van der Waals surface area (Å²) in [6.45, 7) is 3.00. The molecule has 0 aromatic carbocycles. The lowest BCUT2D eigenvalue weighted by molar-refractivity contribution is 0.0699. The molecule has 1 amide bonds. The van der Waals surface area contributed by atoms with E-state index in [2.05, 4.69) is 19.9 Å². The predicted molar refractivity (Wildman–Crippen MR) is 79.5 cm³/mol. The predicted octanol–water partition coefficient (Wildman–Crippen LogP) is 0.888. The van der Waals surface area contributed by atoms with Crippen molar-refractivity contribution >= 4 is 5.91 Å². The highest BCUT2D eigenvalue weighted by atomic mass is 16.2. The normalized spacial score (nSPS) is 18.2. The van der Waals surface area contributed by atoms with Crippen LogP contribution in [-0.4, -0.2) is 43.8 Å². The summed E-state index contributed by atoms with van der Waals surface area (Å²) >= 11 is 0. The van der Waals surface area contributed by atoms with Crippen LogP contribution in [0.3, 0.4) is 0 Å². The van der Waals surface area contributed by atoms with Gasteiger partial charge in [0.05, 0.1) is 11.9 Å². The summed E-state index contributed by atoms with van der Waals surface area (Å²) in [7, 11) is 0. The standard InChI is InChI=1S/C15H17N5O2/c1-10-18-12(7-14(21)19-10)11-3-2-6-20(9-11)15(22)13-8-16-4-5-17-13/h4-5,7-8,11H,2-3,6,9H2,1H3,(H,18,19,21). The van der Waals surface area contributed by atoms with E-state index in [1.54, 1.807) is 18.0 Å². The van der Waals surface area contributed by atoms with Crippen LogP contribution in [0.25, 0.3) is 0 Å². The number of nitrogens with one attached hydrogen (secondary N) is 1. The van der Waals surface area contributed by atoms with Gasteiger partial charge in [0.2, 0.25) is 0 Å².